The molecule has 4 aliphatic rings. The zero-order chi connectivity index (χ0) is 22.7. The lowest BCUT2D eigenvalue weighted by atomic mass is 9.86. The van der Waals surface area contributed by atoms with E-state index in [0.29, 0.717) is 11.8 Å². The van der Waals surface area contributed by atoms with Crippen LogP contribution in [0.15, 0.2) is 36.5 Å². The van der Waals surface area contributed by atoms with Crippen molar-refractivity contribution in [3.63, 3.8) is 0 Å². The fraction of sp³-hybridized carbons (Fsp3) is 0.500. The number of H-pyrrole nitrogens is 1. The molecule has 4 fully saturated rings. The zero-order valence-electron chi connectivity index (χ0n) is 19.9. The minimum atomic E-state index is 0.118. The highest BCUT2D eigenvalue weighted by atomic mass is 16.2. The van der Waals surface area contributed by atoms with Crippen molar-refractivity contribution in [2.75, 3.05) is 13.1 Å². The largest absolute Gasteiger partial charge is 0.354 e. The van der Waals surface area contributed by atoms with Crippen LogP contribution in [0.25, 0.3) is 22.2 Å². The van der Waals surface area contributed by atoms with Crippen LogP contribution < -0.4 is 5.32 Å². The summed E-state index contributed by atoms with van der Waals surface area (Å²) >= 11 is 0. The third kappa shape index (κ3) is 3.76. The quantitative estimate of drug-likeness (QED) is 0.562. The van der Waals surface area contributed by atoms with Crippen LogP contribution in [0.5, 0.6) is 0 Å². The lowest BCUT2D eigenvalue weighted by Gasteiger charge is -2.45. The van der Waals surface area contributed by atoms with Crippen LogP contribution in [0.1, 0.15) is 68.2 Å². The van der Waals surface area contributed by atoms with Crippen molar-refractivity contribution >= 4 is 16.8 Å². The standard InChI is InChI=1S/C28H34N4O/c1-16(2)26-23-14-19(4-5-24(23)30-27(26)20-6-9-29-17(3)12-20)21-15-22(21)28(33)31-25-13-18-7-10-32(25)11-8-18/h4-6,9,12,14,16,18,21-22,25,30H,7-8,10-11,13,15H2,1-3H3,(H,31,33)/t21-,22+,25?/m0/s1. The van der Waals surface area contributed by atoms with Crippen molar-refractivity contribution in [1.82, 2.24) is 20.2 Å². The Balaban J connectivity index is 1.24. The molecule has 1 unspecified atom stereocenters. The number of nitrogens with zero attached hydrogens (tertiary/aromatic N) is 2. The molecule has 2 aromatic heterocycles. The number of aryl methyl sites for hydroxylation is 1. The van der Waals surface area contributed by atoms with E-state index < -0.39 is 0 Å². The molecule has 3 saturated heterocycles. The maximum absolute atomic E-state index is 13.0. The molecule has 1 aromatic carbocycles. The van der Waals surface area contributed by atoms with Gasteiger partial charge in [-0.2, -0.15) is 0 Å². The van der Waals surface area contributed by atoms with Crippen LogP contribution in [0, 0.1) is 18.8 Å². The Morgan fingerprint density at radius 3 is 2.67 bits per heavy atom. The third-order valence-electron chi connectivity index (χ3n) is 8.14. The molecule has 1 saturated carbocycles. The summed E-state index contributed by atoms with van der Waals surface area (Å²) in [6, 6.07) is 11.0. The number of rotatable bonds is 5. The average molecular weight is 443 g/mol. The average Bonchev–Trinajstić information content (AvgIpc) is 3.52. The van der Waals surface area contributed by atoms with Crippen molar-refractivity contribution in [2.24, 2.45) is 11.8 Å². The first-order valence-electron chi connectivity index (χ1n) is 12.6. The molecule has 1 amide bonds. The number of hydrogen-bond donors (Lipinski definition) is 2. The summed E-state index contributed by atoms with van der Waals surface area (Å²) in [6.07, 6.45) is 6.84. The number of aromatic nitrogens is 2. The molecule has 3 aliphatic heterocycles. The van der Waals surface area contributed by atoms with E-state index in [4.69, 9.17) is 0 Å². The fourth-order valence-electron chi connectivity index (χ4n) is 6.23. The molecule has 3 aromatic rings. The van der Waals surface area contributed by atoms with Gasteiger partial charge in [-0.25, -0.2) is 0 Å². The van der Waals surface area contributed by atoms with Crippen LogP contribution in [-0.4, -0.2) is 40.0 Å². The number of amides is 1. The lowest BCUT2D eigenvalue weighted by molar-refractivity contribution is -0.126. The molecule has 172 valence electrons. The minimum Gasteiger partial charge on any atom is -0.354 e. The SMILES string of the molecule is Cc1cc(-c2[nH]c3ccc([C@@H]4C[C@H]4C(=O)NC4CC5CCN4CC5)cc3c2C(C)C)ccn1. The number of carbonyl (C=O) groups excluding carboxylic acids is 1. The highest BCUT2D eigenvalue weighted by Crippen LogP contribution is 2.49. The number of nitrogens with one attached hydrogen (secondary N) is 2. The topological polar surface area (TPSA) is 61.0 Å². The van der Waals surface area contributed by atoms with Gasteiger partial charge in [-0.15, -0.1) is 0 Å². The number of pyridine rings is 1. The molecule has 33 heavy (non-hydrogen) atoms. The van der Waals surface area contributed by atoms with Gasteiger partial charge in [0.05, 0.1) is 11.9 Å². The Morgan fingerprint density at radius 2 is 1.97 bits per heavy atom. The zero-order valence-corrected chi connectivity index (χ0v) is 19.9. The van der Waals surface area contributed by atoms with Gasteiger partial charge in [0, 0.05) is 47.4 Å². The lowest BCUT2D eigenvalue weighted by Crippen LogP contribution is -2.56. The van der Waals surface area contributed by atoms with Crippen LogP contribution in [0.2, 0.25) is 0 Å². The van der Waals surface area contributed by atoms with E-state index in [1.54, 1.807) is 0 Å². The van der Waals surface area contributed by atoms with E-state index in [9.17, 15) is 4.79 Å². The Morgan fingerprint density at radius 1 is 1.15 bits per heavy atom. The van der Waals surface area contributed by atoms with Crippen molar-refractivity contribution in [1.29, 1.82) is 0 Å². The van der Waals surface area contributed by atoms with Crippen molar-refractivity contribution in [3.8, 4) is 11.3 Å². The first-order chi connectivity index (χ1) is 16.0. The fourth-order valence-corrected chi connectivity index (χ4v) is 6.23. The summed E-state index contributed by atoms with van der Waals surface area (Å²) < 4.78 is 0. The molecule has 3 atom stereocenters. The normalized spacial score (nSPS) is 28.4. The summed E-state index contributed by atoms with van der Waals surface area (Å²) in [6.45, 7) is 8.84. The van der Waals surface area contributed by atoms with Gasteiger partial charge in [-0.3, -0.25) is 14.7 Å². The number of aromatic amines is 1. The Kier molecular flexibility index (Phi) is 5.06. The van der Waals surface area contributed by atoms with Gasteiger partial charge in [-0.1, -0.05) is 19.9 Å². The number of carbonyl (C=O) groups is 1. The summed E-state index contributed by atoms with van der Waals surface area (Å²) in [4.78, 5) is 23.5. The summed E-state index contributed by atoms with van der Waals surface area (Å²) in [5, 5.41) is 4.67. The molecule has 5 heterocycles. The second-order valence-corrected chi connectivity index (χ2v) is 10.7. The molecule has 0 radical (unpaired) electrons. The second-order valence-electron chi connectivity index (χ2n) is 10.7. The third-order valence-corrected chi connectivity index (χ3v) is 8.14. The Labute approximate surface area is 196 Å². The summed E-state index contributed by atoms with van der Waals surface area (Å²) in [5.74, 6) is 1.91. The minimum absolute atomic E-state index is 0.118. The van der Waals surface area contributed by atoms with Crippen LogP contribution in [0.3, 0.4) is 0 Å². The second kappa shape index (κ2) is 7.98. The number of piperidine rings is 3. The molecule has 2 N–H and O–H groups in total. The van der Waals surface area contributed by atoms with E-state index in [1.807, 2.05) is 13.1 Å². The van der Waals surface area contributed by atoms with Gasteiger partial charge in [0.1, 0.15) is 0 Å². The summed E-state index contributed by atoms with van der Waals surface area (Å²) in [7, 11) is 0. The van der Waals surface area contributed by atoms with E-state index in [0.717, 1.165) is 37.5 Å². The van der Waals surface area contributed by atoms with Crippen molar-refractivity contribution in [2.45, 2.75) is 64.5 Å². The summed E-state index contributed by atoms with van der Waals surface area (Å²) in [5.41, 5.74) is 7.21. The maximum Gasteiger partial charge on any atom is 0.224 e. The van der Waals surface area contributed by atoms with Crippen molar-refractivity contribution < 1.29 is 4.79 Å². The van der Waals surface area contributed by atoms with Crippen LogP contribution >= 0.6 is 0 Å². The van der Waals surface area contributed by atoms with Gasteiger partial charge in [0.15, 0.2) is 0 Å². The van der Waals surface area contributed by atoms with Gasteiger partial charge < -0.3 is 10.3 Å². The Bertz CT molecular complexity index is 1200. The van der Waals surface area contributed by atoms with Crippen molar-refractivity contribution in [3.05, 3.63) is 53.3 Å². The smallest absolute Gasteiger partial charge is 0.224 e. The monoisotopic (exact) mass is 442 g/mol. The van der Waals surface area contributed by atoms with Gasteiger partial charge >= 0.3 is 0 Å². The molecule has 1 aliphatic carbocycles. The van der Waals surface area contributed by atoms with Gasteiger partial charge in [-0.05, 0) is 85.8 Å². The Hall–Kier alpha value is -2.66. The predicted molar refractivity (Wildman–Crippen MR) is 132 cm³/mol. The van der Waals surface area contributed by atoms with Gasteiger partial charge in [0.2, 0.25) is 5.91 Å². The highest BCUT2D eigenvalue weighted by Gasteiger charge is 2.45. The van der Waals surface area contributed by atoms with Crippen LogP contribution in [-0.2, 0) is 4.79 Å². The predicted octanol–water partition coefficient (Wildman–Crippen LogP) is 5.32. The maximum atomic E-state index is 13.0. The molecule has 2 bridgehead atoms. The molecule has 5 heteroatoms. The molecular weight excluding hydrogens is 408 g/mol. The van der Waals surface area contributed by atoms with E-state index in [1.165, 1.54) is 46.1 Å². The first-order valence-corrected chi connectivity index (χ1v) is 12.6. The van der Waals surface area contributed by atoms with E-state index in [2.05, 4.69) is 64.4 Å². The number of fused-ring (bicyclic) bond motifs is 4. The molecule has 0 spiro atoms. The van der Waals surface area contributed by atoms with E-state index in [-0.39, 0.29) is 18.0 Å². The number of benzene rings is 1. The number of hydrogen-bond acceptors (Lipinski definition) is 3. The van der Waals surface area contributed by atoms with Gasteiger partial charge in [0.25, 0.3) is 0 Å². The van der Waals surface area contributed by atoms with E-state index >= 15 is 0 Å². The van der Waals surface area contributed by atoms with Crippen LogP contribution in [0.4, 0.5) is 0 Å². The first kappa shape index (κ1) is 20.9. The molecule has 7 rings (SSSR count). The highest BCUT2D eigenvalue weighted by molar-refractivity contribution is 5.92. The molecular formula is C28H34N4O. The molecule has 5 nitrogen and oxygen atoms in total.